The van der Waals surface area contributed by atoms with Crippen molar-refractivity contribution in [3.63, 3.8) is 0 Å². The van der Waals surface area contributed by atoms with Gasteiger partial charge in [0.15, 0.2) is 0 Å². The lowest BCUT2D eigenvalue weighted by Crippen LogP contribution is -2.53. The summed E-state index contributed by atoms with van der Waals surface area (Å²) in [6.07, 6.45) is 1.01. The second-order valence-electron chi connectivity index (χ2n) is 6.97. The third-order valence-corrected chi connectivity index (χ3v) is 5.88. The van der Waals surface area contributed by atoms with Crippen LogP contribution in [0.2, 0.25) is 5.02 Å². The van der Waals surface area contributed by atoms with Gasteiger partial charge < -0.3 is 19.6 Å². The number of halogens is 1. The molecule has 1 amide bonds. The van der Waals surface area contributed by atoms with E-state index in [0.29, 0.717) is 18.1 Å². The highest BCUT2D eigenvalue weighted by molar-refractivity contribution is 6.30. The lowest BCUT2D eigenvalue weighted by Gasteiger charge is -2.38. The minimum absolute atomic E-state index is 0.0599. The molecule has 3 fully saturated rings. The first-order valence-corrected chi connectivity index (χ1v) is 9.10. The van der Waals surface area contributed by atoms with Crippen molar-refractivity contribution in [1.29, 1.82) is 0 Å². The average Bonchev–Trinajstić information content (AvgIpc) is 3.23. The molecule has 0 aromatic heterocycles. The van der Waals surface area contributed by atoms with Crippen LogP contribution in [0.3, 0.4) is 0 Å². The second-order valence-corrected chi connectivity index (χ2v) is 7.41. The van der Waals surface area contributed by atoms with Crippen molar-refractivity contribution in [3.8, 4) is 0 Å². The molecule has 134 valence electrons. The first-order chi connectivity index (χ1) is 12.0. The smallest absolute Gasteiger partial charge is 0.310 e. The normalized spacial score (nSPS) is 31.4. The van der Waals surface area contributed by atoms with Crippen molar-refractivity contribution in [3.05, 3.63) is 29.3 Å². The third kappa shape index (κ3) is 2.98. The number of hydrogen-bond donors (Lipinski definition) is 1. The number of carbonyl (C=O) groups excluding carboxylic acids is 1. The number of aliphatic carboxylic acids is 1. The van der Waals surface area contributed by atoms with Gasteiger partial charge in [0.05, 0.1) is 24.0 Å². The Morgan fingerprint density at radius 3 is 2.20 bits per heavy atom. The fraction of sp³-hybridized carbons (Fsp3) is 0.556. The molecule has 0 radical (unpaired) electrons. The summed E-state index contributed by atoms with van der Waals surface area (Å²) >= 11 is 5.93. The third-order valence-electron chi connectivity index (χ3n) is 5.63. The zero-order chi connectivity index (χ0) is 17.6. The molecule has 7 heteroatoms. The number of amides is 1. The van der Waals surface area contributed by atoms with Gasteiger partial charge in [-0.25, -0.2) is 0 Å². The number of carbonyl (C=O) groups is 2. The highest BCUT2D eigenvalue weighted by Crippen LogP contribution is 2.44. The fourth-order valence-corrected chi connectivity index (χ4v) is 4.48. The van der Waals surface area contributed by atoms with E-state index in [-0.39, 0.29) is 18.1 Å². The van der Waals surface area contributed by atoms with Crippen LogP contribution in [0.1, 0.15) is 12.8 Å². The number of carboxylic acid groups (broad SMARTS) is 1. The molecule has 25 heavy (non-hydrogen) atoms. The molecule has 1 aromatic carbocycles. The van der Waals surface area contributed by atoms with E-state index in [1.54, 1.807) is 4.90 Å². The number of hydrogen-bond acceptors (Lipinski definition) is 4. The van der Waals surface area contributed by atoms with Crippen LogP contribution in [0, 0.1) is 11.8 Å². The molecule has 3 aliphatic heterocycles. The van der Waals surface area contributed by atoms with E-state index >= 15 is 0 Å². The van der Waals surface area contributed by atoms with E-state index < -0.39 is 17.8 Å². The summed E-state index contributed by atoms with van der Waals surface area (Å²) in [6, 6.07) is 7.67. The Labute approximate surface area is 151 Å². The maximum atomic E-state index is 12.9. The summed E-state index contributed by atoms with van der Waals surface area (Å²) in [7, 11) is 0. The Morgan fingerprint density at radius 2 is 1.60 bits per heavy atom. The molecule has 0 spiro atoms. The van der Waals surface area contributed by atoms with Crippen molar-refractivity contribution in [2.24, 2.45) is 11.8 Å². The van der Waals surface area contributed by atoms with Gasteiger partial charge in [-0.2, -0.15) is 0 Å². The van der Waals surface area contributed by atoms with Gasteiger partial charge in [-0.15, -0.1) is 0 Å². The van der Waals surface area contributed by atoms with E-state index in [0.717, 1.165) is 31.6 Å². The van der Waals surface area contributed by atoms with Gasteiger partial charge in [0.2, 0.25) is 5.91 Å². The molecular weight excluding hydrogens is 344 g/mol. The first kappa shape index (κ1) is 16.7. The van der Waals surface area contributed by atoms with E-state index in [9.17, 15) is 14.7 Å². The lowest BCUT2D eigenvalue weighted by molar-refractivity contribution is -0.151. The fourth-order valence-electron chi connectivity index (χ4n) is 4.35. The largest absolute Gasteiger partial charge is 0.481 e. The van der Waals surface area contributed by atoms with Crippen LogP contribution < -0.4 is 4.90 Å². The zero-order valence-corrected chi connectivity index (χ0v) is 14.6. The SMILES string of the molecule is O=C(O)[C@@H]1[C@H](C(=O)N2CCN(c3ccc(Cl)cc3)CC2)[C@H]2CC[C@H]1O2. The van der Waals surface area contributed by atoms with Crippen LogP contribution in [0.15, 0.2) is 24.3 Å². The van der Waals surface area contributed by atoms with Gasteiger partial charge in [0.25, 0.3) is 0 Å². The molecule has 0 saturated carbocycles. The summed E-state index contributed by atoms with van der Waals surface area (Å²) in [5.74, 6) is -2.19. The zero-order valence-electron chi connectivity index (χ0n) is 13.8. The standard InChI is InChI=1S/C18H21ClN2O4/c19-11-1-3-12(4-2-11)20-7-9-21(10-8-20)17(22)15-13-5-6-14(25-13)16(15)18(23)24/h1-4,13-16H,5-10H2,(H,23,24)/t13-,14-,15-,16+/m1/s1. The minimum Gasteiger partial charge on any atom is -0.481 e. The molecule has 4 atom stereocenters. The molecule has 1 aromatic rings. The molecular formula is C18H21ClN2O4. The first-order valence-electron chi connectivity index (χ1n) is 8.72. The van der Waals surface area contributed by atoms with Crippen LogP contribution in [0.25, 0.3) is 0 Å². The summed E-state index contributed by atoms with van der Waals surface area (Å²) in [4.78, 5) is 28.5. The van der Waals surface area contributed by atoms with E-state index in [2.05, 4.69) is 4.90 Å². The average molecular weight is 365 g/mol. The van der Waals surface area contributed by atoms with Crippen molar-refractivity contribution in [1.82, 2.24) is 4.90 Å². The minimum atomic E-state index is -0.912. The van der Waals surface area contributed by atoms with Gasteiger partial charge in [-0.3, -0.25) is 9.59 Å². The maximum absolute atomic E-state index is 12.9. The number of carboxylic acids is 1. The van der Waals surface area contributed by atoms with Crippen molar-refractivity contribution in [2.75, 3.05) is 31.1 Å². The predicted octanol–water partition coefficient (Wildman–Crippen LogP) is 1.87. The van der Waals surface area contributed by atoms with Crippen LogP contribution in [-0.2, 0) is 14.3 Å². The molecule has 1 N–H and O–H groups in total. The molecule has 6 nitrogen and oxygen atoms in total. The maximum Gasteiger partial charge on any atom is 0.310 e. The molecule has 2 bridgehead atoms. The van der Waals surface area contributed by atoms with Crippen molar-refractivity contribution >= 4 is 29.2 Å². The Morgan fingerprint density at radius 1 is 1.00 bits per heavy atom. The molecule has 3 aliphatic rings. The summed E-state index contributed by atoms with van der Waals surface area (Å²) in [5.41, 5.74) is 1.09. The highest BCUT2D eigenvalue weighted by atomic mass is 35.5. The Bertz CT molecular complexity index is 672. The quantitative estimate of drug-likeness (QED) is 0.886. The van der Waals surface area contributed by atoms with Gasteiger partial charge in [-0.05, 0) is 37.1 Å². The number of nitrogens with zero attached hydrogens (tertiary/aromatic N) is 2. The van der Waals surface area contributed by atoms with E-state index in [1.807, 2.05) is 24.3 Å². The molecule has 3 heterocycles. The summed E-state index contributed by atoms with van der Waals surface area (Å²) in [5, 5.41) is 10.2. The number of piperazine rings is 1. The van der Waals surface area contributed by atoms with E-state index in [4.69, 9.17) is 16.3 Å². The van der Waals surface area contributed by atoms with Crippen LogP contribution in [0.4, 0.5) is 5.69 Å². The number of fused-ring (bicyclic) bond motifs is 2. The molecule has 0 unspecified atom stereocenters. The van der Waals surface area contributed by atoms with Gasteiger partial charge >= 0.3 is 5.97 Å². The molecule has 0 aliphatic carbocycles. The predicted molar refractivity (Wildman–Crippen MR) is 92.8 cm³/mol. The summed E-state index contributed by atoms with van der Waals surface area (Å²) in [6.45, 7) is 2.66. The number of rotatable bonds is 3. The number of benzene rings is 1. The molecule has 4 rings (SSSR count). The topological polar surface area (TPSA) is 70.1 Å². The van der Waals surface area contributed by atoms with Gasteiger partial charge in [0, 0.05) is 36.9 Å². The van der Waals surface area contributed by atoms with Crippen molar-refractivity contribution in [2.45, 2.75) is 25.0 Å². The highest BCUT2D eigenvalue weighted by Gasteiger charge is 2.56. The van der Waals surface area contributed by atoms with Gasteiger partial charge in [0.1, 0.15) is 0 Å². The number of anilines is 1. The van der Waals surface area contributed by atoms with Crippen LogP contribution in [0.5, 0.6) is 0 Å². The van der Waals surface area contributed by atoms with Gasteiger partial charge in [-0.1, -0.05) is 11.6 Å². The van der Waals surface area contributed by atoms with Crippen molar-refractivity contribution < 1.29 is 19.4 Å². The molecule has 3 saturated heterocycles. The Balaban J connectivity index is 1.41. The van der Waals surface area contributed by atoms with E-state index in [1.165, 1.54) is 0 Å². The monoisotopic (exact) mass is 364 g/mol. The Kier molecular flexibility index (Phi) is 4.33. The summed E-state index contributed by atoms with van der Waals surface area (Å²) < 4.78 is 5.72. The van der Waals surface area contributed by atoms with Crippen LogP contribution in [-0.4, -0.2) is 60.3 Å². The second kappa shape index (κ2) is 6.50. The lowest BCUT2D eigenvalue weighted by atomic mass is 9.78. The van der Waals surface area contributed by atoms with Crippen LogP contribution >= 0.6 is 11.6 Å². The Hall–Kier alpha value is -1.79. The number of ether oxygens (including phenoxy) is 1.